The summed E-state index contributed by atoms with van der Waals surface area (Å²) in [5, 5.41) is 7.40. The Kier molecular flexibility index (Phi) is 13.8. The standard InChI is InChI=1S/C11H19N3O.2C2H6/c1-9-8-13-14(11(9)12-3)7-5-4-6-10(2)15;2*1-2/h8,12H,4-7H2,1-3H3;2*1-2H3. The van der Waals surface area contributed by atoms with E-state index >= 15 is 0 Å². The number of ketones is 1. The number of anilines is 1. The summed E-state index contributed by atoms with van der Waals surface area (Å²) < 4.78 is 1.95. The number of rotatable bonds is 6. The minimum Gasteiger partial charge on any atom is -0.373 e. The van der Waals surface area contributed by atoms with Crippen molar-refractivity contribution in [3.8, 4) is 0 Å². The van der Waals surface area contributed by atoms with E-state index in [0.717, 1.165) is 30.8 Å². The highest BCUT2D eigenvalue weighted by Crippen LogP contribution is 2.13. The van der Waals surface area contributed by atoms with E-state index in [0.29, 0.717) is 6.42 Å². The predicted octanol–water partition coefficient (Wildman–Crippen LogP) is 4.04. The van der Waals surface area contributed by atoms with E-state index in [-0.39, 0.29) is 5.78 Å². The van der Waals surface area contributed by atoms with Gasteiger partial charge in [0.2, 0.25) is 0 Å². The fourth-order valence-electron chi connectivity index (χ4n) is 1.61. The quantitative estimate of drug-likeness (QED) is 0.793. The third kappa shape index (κ3) is 8.41. The van der Waals surface area contributed by atoms with Gasteiger partial charge in [-0.05, 0) is 26.7 Å². The average Bonchev–Trinajstić information content (AvgIpc) is 2.79. The van der Waals surface area contributed by atoms with E-state index < -0.39 is 0 Å². The van der Waals surface area contributed by atoms with Gasteiger partial charge in [0.1, 0.15) is 11.6 Å². The highest BCUT2D eigenvalue weighted by molar-refractivity contribution is 5.75. The maximum Gasteiger partial charge on any atom is 0.129 e. The molecule has 1 aromatic heterocycles. The van der Waals surface area contributed by atoms with Crippen LogP contribution in [0.15, 0.2) is 6.20 Å². The summed E-state index contributed by atoms with van der Waals surface area (Å²) >= 11 is 0. The molecule has 0 aromatic carbocycles. The van der Waals surface area contributed by atoms with Crippen LogP contribution in [0.3, 0.4) is 0 Å². The first-order valence-electron chi connectivity index (χ1n) is 7.34. The molecule has 0 saturated heterocycles. The second-order valence-electron chi connectivity index (χ2n) is 3.81. The summed E-state index contributed by atoms with van der Waals surface area (Å²) in [5.41, 5.74) is 1.16. The number of aromatic nitrogens is 2. The molecule has 0 radical (unpaired) electrons. The van der Waals surface area contributed by atoms with Gasteiger partial charge < -0.3 is 10.1 Å². The maximum absolute atomic E-state index is 10.7. The molecule has 0 aliphatic rings. The van der Waals surface area contributed by atoms with Crippen LogP contribution >= 0.6 is 0 Å². The first kappa shape index (κ1) is 20.0. The van der Waals surface area contributed by atoms with Gasteiger partial charge in [-0.25, -0.2) is 4.68 Å². The predicted molar refractivity (Wildman–Crippen MR) is 83.7 cm³/mol. The fourth-order valence-corrected chi connectivity index (χ4v) is 1.61. The number of carbonyl (C=O) groups is 1. The summed E-state index contributed by atoms with van der Waals surface area (Å²) in [5.74, 6) is 1.33. The van der Waals surface area contributed by atoms with Crippen LogP contribution in [0.5, 0.6) is 0 Å². The monoisotopic (exact) mass is 269 g/mol. The van der Waals surface area contributed by atoms with Crippen molar-refractivity contribution < 1.29 is 4.79 Å². The van der Waals surface area contributed by atoms with Crippen molar-refractivity contribution in [1.82, 2.24) is 9.78 Å². The van der Waals surface area contributed by atoms with Gasteiger partial charge in [-0.1, -0.05) is 27.7 Å². The van der Waals surface area contributed by atoms with E-state index in [1.165, 1.54) is 0 Å². The topological polar surface area (TPSA) is 46.9 Å². The van der Waals surface area contributed by atoms with Crippen LogP contribution in [0.2, 0.25) is 0 Å². The molecule has 4 nitrogen and oxygen atoms in total. The zero-order valence-electron chi connectivity index (χ0n) is 13.7. The molecule has 0 aliphatic heterocycles. The third-order valence-corrected chi connectivity index (χ3v) is 2.41. The molecule has 0 spiro atoms. The largest absolute Gasteiger partial charge is 0.373 e. The molecule has 0 fully saturated rings. The Balaban J connectivity index is 0. The lowest BCUT2D eigenvalue weighted by Crippen LogP contribution is -2.06. The van der Waals surface area contributed by atoms with Gasteiger partial charge in [-0.15, -0.1) is 0 Å². The van der Waals surface area contributed by atoms with Crippen LogP contribution in [-0.2, 0) is 11.3 Å². The summed E-state index contributed by atoms with van der Waals surface area (Å²) in [6.45, 7) is 12.5. The minimum atomic E-state index is 0.264. The molecular weight excluding hydrogens is 238 g/mol. The Morgan fingerprint density at radius 2 is 1.84 bits per heavy atom. The van der Waals surface area contributed by atoms with Gasteiger partial charge in [-0.2, -0.15) is 5.10 Å². The van der Waals surface area contributed by atoms with Gasteiger partial charge in [0.05, 0.1) is 6.20 Å². The highest BCUT2D eigenvalue weighted by atomic mass is 16.1. The van der Waals surface area contributed by atoms with Crippen molar-refractivity contribution in [2.24, 2.45) is 0 Å². The number of hydrogen-bond donors (Lipinski definition) is 1. The Bertz CT molecular complexity index is 332. The SMILES string of the molecule is CC.CC.CNc1c(C)cnn1CCCCC(C)=O. The molecule has 0 amide bonds. The van der Waals surface area contributed by atoms with Crippen LogP contribution < -0.4 is 5.32 Å². The second-order valence-corrected chi connectivity index (χ2v) is 3.81. The van der Waals surface area contributed by atoms with Crippen LogP contribution in [0, 0.1) is 6.92 Å². The van der Waals surface area contributed by atoms with E-state index in [1.807, 2.05) is 52.5 Å². The second kappa shape index (κ2) is 13.1. The fraction of sp³-hybridized carbons (Fsp3) is 0.733. The van der Waals surface area contributed by atoms with Gasteiger partial charge in [-0.3, -0.25) is 0 Å². The van der Waals surface area contributed by atoms with Gasteiger partial charge in [0, 0.05) is 25.6 Å². The van der Waals surface area contributed by atoms with Gasteiger partial charge in [0.15, 0.2) is 0 Å². The number of hydrogen-bond acceptors (Lipinski definition) is 3. The molecule has 1 rings (SSSR count). The molecule has 1 heterocycles. The number of aryl methyl sites for hydroxylation is 2. The maximum atomic E-state index is 10.7. The Labute approximate surface area is 118 Å². The van der Waals surface area contributed by atoms with Crippen LogP contribution in [0.1, 0.15) is 59.4 Å². The van der Waals surface area contributed by atoms with Crippen molar-refractivity contribution in [3.05, 3.63) is 11.8 Å². The van der Waals surface area contributed by atoms with Crippen molar-refractivity contribution in [3.63, 3.8) is 0 Å². The summed E-state index contributed by atoms with van der Waals surface area (Å²) in [6, 6.07) is 0. The van der Waals surface area contributed by atoms with Crippen LogP contribution in [0.4, 0.5) is 5.82 Å². The summed E-state index contributed by atoms with van der Waals surface area (Å²) in [4.78, 5) is 10.7. The molecule has 0 bridgehead atoms. The van der Waals surface area contributed by atoms with E-state index in [2.05, 4.69) is 10.4 Å². The smallest absolute Gasteiger partial charge is 0.129 e. The lowest BCUT2D eigenvalue weighted by molar-refractivity contribution is -0.117. The molecule has 0 unspecified atom stereocenters. The summed E-state index contributed by atoms with van der Waals surface area (Å²) in [6.07, 6.45) is 4.47. The molecule has 1 aromatic rings. The lowest BCUT2D eigenvalue weighted by atomic mass is 10.2. The van der Waals surface area contributed by atoms with Gasteiger partial charge >= 0.3 is 0 Å². The Morgan fingerprint density at radius 3 is 2.32 bits per heavy atom. The number of Topliss-reactive ketones (excluding diaryl/α,β-unsaturated/α-hetero) is 1. The van der Waals surface area contributed by atoms with E-state index in [9.17, 15) is 4.79 Å². The lowest BCUT2D eigenvalue weighted by Gasteiger charge is -2.07. The van der Waals surface area contributed by atoms with Crippen molar-refractivity contribution in [2.75, 3.05) is 12.4 Å². The van der Waals surface area contributed by atoms with Crippen LogP contribution in [-0.4, -0.2) is 22.6 Å². The molecule has 0 saturated carbocycles. The molecule has 0 atom stereocenters. The zero-order chi connectivity index (χ0) is 15.3. The van der Waals surface area contributed by atoms with Crippen molar-refractivity contribution in [1.29, 1.82) is 0 Å². The third-order valence-electron chi connectivity index (χ3n) is 2.41. The number of carbonyl (C=O) groups excluding carboxylic acids is 1. The molecule has 1 N–H and O–H groups in total. The number of unbranched alkanes of at least 4 members (excludes halogenated alkanes) is 1. The number of nitrogens with zero attached hydrogens (tertiary/aromatic N) is 2. The van der Waals surface area contributed by atoms with E-state index in [4.69, 9.17) is 0 Å². The van der Waals surface area contributed by atoms with E-state index in [1.54, 1.807) is 6.92 Å². The Hall–Kier alpha value is -1.32. The first-order chi connectivity index (χ1) is 9.15. The molecule has 0 aliphatic carbocycles. The molecular formula is C15H31N3O. The Morgan fingerprint density at radius 1 is 1.26 bits per heavy atom. The highest BCUT2D eigenvalue weighted by Gasteiger charge is 2.04. The van der Waals surface area contributed by atoms with Crippen molar-refractivity contribution in [2.45, 2.75) is 67.3 Å². The average molecular weight is 269 g/mol. The van der Waals surface area contributed by atoms with Crippen molar-refractivity contribution >= 4 is 11.6 Å². The molecule has 4 heteroatoms. The minimum absolute atomic E-state index is 0.264. The normalized spacial score (nSPS) is 8.79. The first-order valence-corrected chi connectivity index (χ1v) is 7.34. The van der Waals surface area contributed by atoms with Crippen LogP contribution in [0.25, 0.3) is 0 Å². The summed E-state index contributed by atoms with van der Waals surface area (Å²) in [7, 11) is 1.90. The van der Waals surface area contributed by atoms with Gasteiger partial charge in [0.25, 0.3) is 0 Å². The zero-order valence-corrected chi connectivity index (χ0v) is 13.7. The molecule has 19 heavy (non-hydrogen) atoms. The number of nitrogens with one attached hydrogen (secondary N) is 1. The molecule has 112 valence electrons.